The summed E-state index contributed by atoms with van der Waals surface area (Å²) in [6, 6.07) is 0. The zero-order valence-electron chi connectivity index (χ0n) is 9.37. The van der Waals surface area contributed by atoms with Gasteiger partial charge in [0, 0.05) is 5.88 Å². The number of aliphatic carboxylic acids is 1. The highest BCUT2D eigenvalue weighted by atomic mass is 35.5. The molecule has 0 aliphatic heterocycles. The van der Waals surface area contributed by atoms with E-state index in [0.717, 1.165) is 6.42 Å². The average molecular weight is 252 g/mol. The summed E-state index contributed by atoms with van der Waals surface area (Å²) in [5.74, 6) is -2.01. The molecule has 0 aromatic rings. The Bertz CT molecular complexity index is 247. The minimum absolute atomic E-state index is 0.0171. The number of carboxylic acid groups (broad SMARTS) is 1. The van der Waals surface area contributed by atoms with Gasteiger partial charge in [-0.1, -0.05) is 13.3 Å². The fraction of sp³-hybridized carbons (Fsp3) is 0.800. The van der Waals surface area contributed by atoms with E-state index < -0.39 is 17.5 Å². The molecule has 0 aromatic carbocycles. The van der Waals surface area contributed by atoms with E-state index in [1.807, 2.05) is 6.92 Å². The second kappa shape index (κ2) is 7.46. The second-order valence-electron chi connectivity index (χ2n) is 3.56. The normalized spacial score (nSPS) is 14.2. The lowest BCUT2D eigenvalue weighted by molar-refractivity contribution is -0.161. The maximum Gasteiger partial charge on any atom is 0.337 e. The summed E-state index contributed by atoms with van der Waals surface area (Å²) in [4.78, 5) is 22.4. The van der Waals surface area contributed by atoms with Gasteiger partial charge in [0.05, 0.1) is 6.61 Å². The van der Waals surface area contributed by atoms with Crippen LogP contribution in [0.25, 0.3) is 0 Å². The number of rotatable bonds is 8. The fourth-order valence-electron chi connectivity index (χ4n) is 1.08. The predicted octanol–water partition coefficient (Wildman–Crippen LogP) is 1.13. The Hall–Kier alpha value is -0.810. The van der Waals surface area contributed by atoms with Crippen LogP contribution in [0.4, 0.5) is 0 Å². The first-order valence-electron chi connectivity index (χ1n) is 5.24. The lowest BCUT2D eigenvalue weighted by Gasteiger charge is -2.22. The molecule has 0 bridgehead atoms. The maximum absolute atomic E-state index is 11.5. The Morgan fingerprint density at radius 1 is 1.44 bits per heavy atom. The molecular weight excluding hydrogens is 234 g/mol. The van der Waals surface area contributed by atoms with Crippen molar-refractivity contribution in [2.45, 2.75) is 38.1 Å². The molecule has 0 aromatic heterocycles. The van der Waals surface area contributed by atoms with E-state index in [2.05, 4.69) is 0 Å². The van der Waals surface area contributed by atoms with Crippen LogP contribution in [0.1, 0.15) is 32.6 Å². The van der Waals surface area contributed by atoms with Crippen molar-refractivity contribution in [3.8, 4) is 0 Å². The second-order valence-corrected chi connectivity index (χ2v) is 3.94. The van der Waals surface area contributed by atoms with Crippen LogP contribution in [0.3, 0.4) is 0 Å². The van der Waals surface area contributed by atoms with E-state index in [1.54, 1.807) is 0 Å². The summed E-state index contributed by atoms with van der Waals surface area (Å²) in [5, 5.41) is 8.92. The number of unbranched alkanes of at least 4 members (excludes halogenated alkanes) is 1. The van der Waals surface area contributed by atoms with Crippen molar-refractivity contribution in [2.24, 2.45) is 5.73 Å². The van der Waals surface area contributed by atoms with Crippen LogP contribution < -0.4 is 5.73 Å². The SMILES string of the molecule is CCCCOC(=O)C(N)(CCCCl)C(=O)O. The molecule has 0 saturated heterocycles. The smallest absolute Gasteiger partial charge is 0.337 e. The van der Waals surface area contributed by atoms with Crippen molar-refractivity contribution in [1.82, 2.24) is 0 Å². The predicted molar refractivity (Wildman–Crippen MR) is 60.4 cm³/mol. The Labute approximate surface area is 99.9 Å². The van der Waals surface area contributed by atoms with Crippen molar-refractivity contribution in [2.75, 3.05) is 12.5 Å². The summed E-state index contributed by atoms with van der Waals surface area (Å²) in [7, 11) is 0. The summed E-state index contributed by atoms with van der Waals surface area (Å²) in [6.45, 7) is 2.14. The highest BCUT2D eigenvalue weighted by molar-refractivity contribution is 6.17. The van der Waals surface area contributed by atoms with E-state index in [0.29, 0.717) is 12.8 Å². The third kappa shape index (κ3) is 4.37. The highest BCUT2D eigenvalue weighted by Gasteiger charge is 2.43. The van der Waals surface area contributed by atoms with Gasteiger partial charge in [-0.15, -0.1) is 11.6 Å². The summed E-state index contributed by atoms with van der Waals surface area (Å²) < 4.78 is 4.82. The van der Waals surface area contributed by atoms with Crippen LogP contribution in [-0.4, -0.2) is 35.1 Å². The van der Waals surface area contributed by atoms with Gasteiger partial charge >= 0.3 is 11.9 Å². The van der Waals surface area contributed by atoms with Crippen LogP contribution in [0, 0.1) is 0 Å². The van der Waals surface area contributed by atoms with Crippen molar-refractivity contribution in [3.63, 3.8) is 0 Å². The quantitative estimate of drug-likeness (QED) is 0.292. The maximum atomic E-state index is 11.5. The van der Waals surface area contributed by atoms with Crippen LogP contribution in [0.2, 0.25) is 0 Å². The number of carbonyl (C=O) groups excluding carboxylic acids is 1. The molecule has 0 heterocycles. The number of nitrogens with two attached hydrogens (primary N) is 1. The molecule has 6 heteroatoms. The lowest BCUT2D eigenvalue weighted by atomic mass is 9.95. The van der Waals surface area contributed by atoms with E-state index in [4.69, 9.17) is 27.2 Å². The van der Waals surface area contributed by atoms with E-state index in [9.17, 15) is 9.59 Å². The van der Waals surface area contributed by atoms with Crippen molar-refractivity contribution < 1.29 is 19.4 Å². The van der Waals surface area contributed by atoms with Gasteiger partial charge < -0.3 is 15.6 Å². The van der Waals surface area contributed by atoms with E-state index in [-0.39, 0.29) is 18.9 Å². The first-order chi connectivity index (χ1) is 7.49. The number of esters is 1. The van der Waals surface area contributed by atoms with Crippen LogP contribution in [0.5, 0.6) is 0 Å². The molecule has 3 N–H and O–H groups in total. The molecule has 94 valence electrons. The van der Waals surface area contributed by atoms with Gasteiger partial charge in [-0.25, -0.2) is 9.59 Å². The van der Waals surface area contributed by atoms with Gasteiger partial charge in [0.25, 0.3) is 0 Å². The Morgan fingerprint density at radius 3 is 2.50 bits per heavy atom. The van der Waals surface area contributed by atoms with Gasteiger partial charge in [0.15, 0.2) is 0 Å². The third-order valence-corrected chi connectivity index (χ3v) is 2.45. The fourth-order valence-corrected chi connectivity index (χ4v) is 1.21. The number of ether oxygens (including phenoxy) is 1. The van der Waals surface area contributed by atoms with Gasteiger partial charge in [-0.3, -0.25) is 0 Å². The molecule has 0 saturated carbocycles. The molecule has 0 fully saturated rings. The molecule has 0 spiro atoms. The standard InChI is InChI=1S/C10H18ClNO4/c1-2-3-7-16-9(15)10(12,8(13)14)5-4-6-11/h2-7,12H2,1H3,(H,13,14). The van der Waals surface area contributed by atoms with E-state index in [1.165, 1.54) is 0 Å². The zero-order valence-corrected chi connectivity index (χ0v) is 10.1. The number of carbonyl (C=O) groups is 2. The Kier molecular flexibility index (Phi) is 7.08. The topological polar surface area (TPSA) is 89.6 Å². The average Bonchev–Trinajstić information content (AvgIpc) is 2.25. The molecule has 0 rings (SSSR count). The molecular formula is C10H18ClNO4. The monoisotopic (exact) mass is 251 g/mol. The number of carboxylic acids is 1. The number of hydrogen-bond donors (Lipinski definition) is 2. The number of hydrogen-bond acceptors (Lipinski definition) is 4. The molecule has 0 radical (unpaired) electrons. The molecule has 0 aliphatic rings. The molecule has 5 nitrogen and oxygen atoms in total. The molecule has 1 atom stereocenters. The zero-order chi connectivity index (χ0) is 12.6. The number of halogens is 1. The molecule has 0 amide bonds. The number of alkyl halides is 1. The molecule has 1 unspecified atom stereocenters. The highest BCUT2D eigenvalue weighted by Crippen LogP contribution is 2.13. The Balaban J connectivity index is 4.39. The lowest BCUT2D eigenvalue weighted by Crippen LogP contribution is -2.55. The largest absolute Gasteiger partial charge is 0.479 e. The van der Waals surface area contributed by atoms with Gasteiger partial charge in [-0.2, -0.15) is 0 Å². The minimum atomic E-state index is -1.97. The van der Waals surface area contributed by atoms with Crippen molar-refractivity contribution >= 4 is 23.5 Å². The van der Waals surface area contributed by atoms with E-state index >= 15 is 0 Å². The first kappa shape index (κ1) is 15.2. The molecule has 0 aliphatic carbocycles. The van der Waals surface area contributed by atoms with Crippen molar-refractivity contribution in [1.29, 1.82) is 0 Å². The summed E-state index contributed by atoms with van der Waals surface area (Å²) >= 11 is 5.44. The van der Waals surface area contributed by atoms with Crippen LogP contribution >= 0.6 is 11.6 Å². The summed E-state index contributed by atoms with van der Waals surface area (Å²) in [5.41, 5.74) is 3.55. The first-order valence-corrected chi connectivity index (χ1v) is 5.78. The Morgan fingerprint density at radius 2 is 2.06 bits per heavy atom. The van der Waals surface area contributed by atoms with Crippen molar-refractivity contribution in [3.05, 3.63) is 0 Å². The molecule has 16 heavy (non-hydrogen) atoms. The third-order valence-electron chi connectivity index (χ3n) is 2.18. The van der Waals surface area contributed by atoms with Crippen LogP contribution in [-0.2, 0) is 14.3 Å². The van der Waals surface area contributed by atoms with Gasteiger partial charge in [0.1, 0.15) is 0 Å². The van der Waals surface area contributed by atoms with Crippen LogP contribution in [0.15, 0.2) is 0 Å². The van der Waals surface area contributed by atoms with Gasteiger partial charge in [0.2, 0.25) is 5.54 Å². The summed E-state index contributed by atoms with van der Waals surface area (Å²) in [6.07, 6.45) is 1.89. The van der Waals surface area contributed by atoms with Gasteiger partial charge in [-0.05, 0) is 19.3 Å². The minimum Gasteiger partial charge on any atom is -0.479 e.